The van der Waals surface area contributed by atoms with Crippen molar-refractivity contribution in [2.24, 2.45) is 11.8 Å². The molecule has 1 saturated heterocycles. The number of alkyl halides is 1. The average Bonchev–Trinajstić information content (AvgIpc) is 3.86. The molecule has 3 rings (SSSR count). The van der Waals surface area contributed by atoms with Crippen LogP contribution in [0.15, 0.2) is 78.0 Å². The van der Waals surface area contributed by atoms with Crippen molar-refractivity contribution in [1.82, 2.24) is 4.98 Å². The summed E-state index contributed by atoms with van der Waals surface area (Å²) in [6.07, 6.45) is 13.7. The molecule has 1 aromatic carbocycles. The fraction of sp³-hybridized carbons (Fsp3) is 0.635. The summed E-state index contributed by atoms with van der Waals surface area (Å²) >= 11 is 4.10. The smallest absolute Gasteiger partial charge is 0.337 e. The van der Waals surface area contributed by atoms with Crippen molar-refractivity contribution in [2.75, 3.05) is 27.9 Å². The maximum absolute atomic E-state index is 12.2. The molecular formula is C52H80BrNO11Si. The summed E-state index contributed by atoms with van der Waals surface area (Å²) in [5.41, 5.74) is 1.39. The first kappa shape index (κ1) is 56.9. The Labute approximate surface area is 405 Å². The molecule has 9 atom stereocenters. The van der Waals surface area contributed by atoms with E-state index in [0.29, 0.717) is 47.7 Å². The first-order chi connectivity index (χ1) is 31.1. The Balaban J connectivity index is 1.81. The van der Waals surface area contributed by atoms with Gasteiger partial charge in [0.25, 0.3) is 0 Å². The number of hydrogen-bond acceptors (Lipinski definition) is 12. The van der Waals surface area contributed by atoms with Crippen LogP contribution in [0.4, 0.5) is 0 Å². The van der Waals surface area contributed by atoms with E-state index in [1.807, 2.05) is 56.3 Å². The second kappa shape index (κ2) is 26.4. The van der Waals surface area contributed by atoms with Crippen LogP contribution in [0.2, 0.25) is 16.6 Å². The van der Waals surface area contributed by atoms with Gasteiger partial charge >= 0.3 is 11.9 Å². The number of carbonyl (C=O) groups is 2. The van der Waals surface area contributed by atoms with Crippen molar-refractivity contribution in [2.45, 2.75) is 172 Å². The quantitative estimate of drug-likeness (QED) is 0.0285. The van der Waals surface area contributed by atoms with Gasteiger partial charge in [0.1, 0.15) is 30.4 Å². The number of aryl methyl sites for hydroxylation is 1. The van der Waals surface area contributed by atoms with E-state index in [9.17, 15) is 14.7 Å². The number of allylic oxidation sites excluding steroid dienone is 1. The molecule has 0 radical (unpaired) electrons. The molecule has 1 aliphatic rings. The molecule has 0 amide bonds. The normalized spacial score (nSPS) is 22.2. The summed E-state index contributed by atoms with van der Waals surface area (Å²) in [5.74, 6) is 0.329. The van der Waals surface area contributed by atoms with Crippen LogP contribution >= 0.6 is 15.9 Å². The monoisotopic (exact) mass is 1000 g/mol. The summed E-state index contributed by atoms with van der Waals surface area (Å²) in [6.45, 7) is 27.6. The fourth-order valence-corrected chi connectivity index (χ4v) is 15.6. The number of esters is 2. The molecule has 1 N–H and O–H groups in total. The minimum Gasteiger partial charge on any atom is -0.497 e. The van der Waals surface area contributed by atoms with Gasteiger partial charge in [-0.05, 0) is 85.8 Å². The zero-order valence-corrected chi connectivity index (χ0v) is 44.7. The third-order valence-electron chi connectivity index (χ3n) is 13.0. The molecule has 2 aromatic rings. The fourth-order valence-electron chi connectivity index (χ4n) is 9.09. The highest BCUT2D eigenvalue weighted by molar-refractivity contribution is 9.09. The largest absolute Gasteiger partial charge is 0.497 e. The lowest BCUT2D eigenvalue weighted by Crippen LogP contribution is -2.55. The molecule has 2 heterocycles. The van der Waals surface area contributed by atoms with Gasteiger partial charge in [0, 0.05) is 31.9 Å². The number of carbonyl (C=O) groups excluding carboxylic acids is 2. The van der Waals surface area contributed by atoms with Crippen LogP contribution in [0.25, 0.3) is 5.57 Å². The van der Waals surface area contributed by atoms with Gasteiger partial charge in [0.2, 0.25) is 8.32 Å². The standard InChI is InChI=1S/C52H80BrNO11Si/c1-16-29-61-46(55)26-20-38(9)43(62-32-40-21-23-41(58-13)24-22-40)31-39(10)42-33-63-45(54-42)25-19-37(8)30-44(59-14)47-48(65-66(34(2)3,35(4)5)36(6)7)49(53)52(12,64-47)28-18-17-27-51(11,57)50(56)60-15/h16-18,20-24,26,31,33-38,43-44,47-49,57H,1,19,25,27-30,32H2,2-15H3/b18-17-,26-20+,39-31+/t37-,38+,43+,44+,47-,48-,49+,51+,52-/m1/s1. The number of hydrogen-bond donors (Lipinski definition) is 1. The molecule has 14 heteroatoms. The van der Waals surface area contributed by atoms with Crippen LogP contribution in [-0.4, -0.2) is 98.7 Å². The zero-order chi connectivity index (χ0) is 49.4. The highest BCUT2D eigenvalue weighted by atomic mass is 79.9. The third-order valence-corrected chi connectivity index (χ3v) is 20.6. The average molecular weight is 1000 g/mol. The molecule has 66 heavy (non-hydrogen) atoms. The van der Waals surface area contributed by atoms with Gasteiger partial charge < -0.3 is 42.4 Å². The number of benzene rings is 1. The van der Waals surface area contributed by atoms with Crippen molar-refractivity contribution >= 4 is 41.8 Å². The molecule has 0 saturated carbocycles. The van der Waals surface area contributed by atoms with Gasteiger partial charge in [-0.15, -0.1) is 0 Å². The van der Waals surface area contributed by atoms with E-state index in [2.05, 4.69) is 77.9 Å². The first-order valence-corrected chi connectivity index (χ1v) is 26.5. The predicted molar refractivity (Wildman–Crippen MR) is 267 cm³/mol. The lowest BCUT2D eigenvalue weighted by Gasteiger charge is -2.46. The van der Waals surface area contributed by atoms with Crippen molar-refractivity contribution in [3.05, 3.63) is 90.7 Å². The van der Waals surface area contributed by atoms with Gasteiger partial charge in [0.15, 0.2) is 11.5 Å². The highest BCUT2D eigenvalue weighted by Gasteiger charge is 2.58. The lowest BCUT2D eigenvalue weighted by molar-refractivity contribution is -0.160. The minimum atomic E-state index is -2.37. The molecular weight excluding hydrogens is 923 g/mol. The van der Waals surface area contributed by atoms with Crippen LogP contribution in [0.1, 0.15) is 119 Å². The Kier molecular flexibility index (Phi) is 22.8. The third kappa shape index (κ3) is 15.6. The molecule has 1 fully saturated rings. The summed E-state index contributed by atoms with van der Waals surface area (Å²) in [7, 11) is 2.28. The number of ether oxygens (including phenoxy) is 6. The molecule has 0 unspecified atom stereocenters. The number of methoxy groups -OCH3 is 3. The van der Waals surface area contributed by atoms with Crippen LogP contribution < -0.4 is 4.74 Å². The van der Waals surface area contributed by atoms with E-state index in [1.165, 1.54) is 26.2 Å². The summed E-state index contributed by atoms with van der Waals surface area (Å²) in [5, 5.41) is 10.6. The zero-order valence-electron chi connectivity index (χ0n) is 42.1. The second-order valence-corrected chi connectivity index (χ2v) is 25.6. The van der Waals surface area contributed by atoms with Gasteiger partial charge in [0.05, 0.1) is 49.6 Å². The molecule has 0 spiro atoms. The molecule has 1 aromatic heterocycles. The Morgan fingerprint density at radius 2 is 1.68 bits per heavy atom. The second-order valence-electron chi connectivity index (χ2n) is 19.2. The van der Waals surface area contributed by atoms with Crippen molar-refractivity contribution in [1.29, 1.82) is 0 Å². The first-order valence-electron chi connectivity index (χ1n) is 23.4. The van der Waals surface area contributed by atoms with Crippen LogP contribution in [0.5, 0.6) is 5.75 Å². The summed E-state index contributed by atoms with van der Waals surface area (Å²) in [6, 6.07) is 7.72. The Morgan fingerprint density at radius 3 is 2.26 bits per heavy atom. The number of aromatic nitrogens is 1. The van der Waals surface area contributed by atoms with Crippen molar-refractivity contribution in [3.8, 4) is 5.75 Å². The lowest BCUT2D eigenvalue weighted by atomic mass is 9.91. The van der Waals surface area contributed by atoms with E-state index < -0.39 is 31.5 Å². The van der Waals surface area contributed by atoms with Crippen molar-refractivity contribution < 1.29 is 52.0 Å². The Morgan fingerprint density at radius 1 is 1.03 bits per heavy atom. The topological polar surface area (TPSA) is 145 Å². The van der Waals surface area contributed by atoms with E-state index in [1.54, 1.807) is 26.6 Å². The van der Waals surface area contributed by atoms with Crippen LogP contribution in [-0.2, 0) is 50.7 Å². The molecule has 370 valence electrons. The van der Waals surface area contributed by atoms with E-state index in [0.717, 1.165) is 29.7 Å². The summed E-state index contributed by atoms with van der Waals surface area (Å²) < 4.78 is 48.6. The maximum Gasteiger partial charge on any atom is 0.337 e. The number of aliphatic hydroxyl groups is 1. The van der Waals surface area contributed by atoms with Crippen molar-refractivity contribution in [3.63, 3.8) is 0 Å². The van der Waals surface area contributed by atoms with Gasteiger partial charge in [-0.3, -0.25) is 0 Å². The van der Waals surface area contributed by atoms with Crippen LogP contribution in [0, 0.1) is 11.8 Å². The number of halogens is 1. The van der Waals surface area contributed by atoms with E-state index >= 15 is 0 Å². The Hall–Kier alpha value is -3.37. The molecule has 0 bridgehead atoms. The Bertz CT molecular complexity index is 1880. The number of oxazole rings is 1. The molecule has 1 aliphatic heterocycles. The highest BCUT2D eigenvalue weighted by Crippen LogP contribution is 2.49. The predicted octanol–water partition coefficient (Wildman–Crippen LogP) is 11.3. The number of rotatable bonds is 28. The van der Waals surface area contributed by atoms with Gasteiger partial charge in [-0.1, -0.05) is 120 Å². The van der Waals surface area contributed by atoms with E-state index in [4.69, 9.17) is 42.2 Å². The molecule has 0 aliphatic carbocycles. The summed E-state index contributed by atoms with van der Waals surface area (Å²) in [4.78, 5) is 29.1. The van der Waals surface area contributed by atoms with E-state index in [-0.39, 0.29) is 54.1 Å². The van der Waals surface area contributed by atoms with Crippen LogP contribution in [0.3, 0.4) is 0 Å². The minimum absolute atomic E-state index is 0.115. The van der Waals surface area contributed by atoms with Gasteiger partial charge in [-0.25, -0.2) is 14.6 Å². The van der Waals surface area contributed by atoms with Gasteiger partial charge in [-0.2, -0.15) is 0 Å². The maximum atomic E-state index is 12.2. The molecule has 12 nitrogen and oxygen atoms in total. The SMILES string of the molecule is C=CCOC(=O)/C=C/[C@H](C)[C@H](/C=C(\C)c1coc(CC[C@@H](C)C[C@H](OC)[C@H]2O[C@](C)(C/C=C\C[C@](C)(O)C(=O)OC)[C@@H](Br)[C@@H]2O[Si](C(C)C)(C(C)C)C(C)C)n1)OCc1ccc(OC)cc1. The number of nitrogens with zero attached hydrogens (tertiary/aromatic N) is 1.